The molecule has 176 valence electrons. The quantitative estimate of drug-likeness (QED) is 0.457. The summed E-state index contributed by atoms with van der Waals surface area (Å²) in [5.41, 5.74) is -0.885. The van der Waals surface area contributed by atoms with Crippen molar-refractivity contribution in [2.24, 2.45) is 0 Å². The lowest BCUT2D eigenvalue weighted by Crippen LogP contribution is -2.48. The zero-order chi connectivity index (χ0) is 24.2. The number of ether oxygens (including phenoxy) is 1. The van der Waals surface area contributed by atoms with Gasteiger partial charge in [-0.1, -0.05) is 13.0 Å². The average Bonchev–Trinajstić information content (AvgIpc) is 3.31. The Morgan fingerprint density at radius 1 is 1.15 bits per heavy atom. The number of rotatable bonds is 8. The smallest absolute Gasteiger partial charge is 0.417 e. The van der Waals surface area contributed by atoms with Gasteiger partial charge in [-0.15, -0.1) is 0 Å². The number of benzene rings is 1. The van der Waals surface area contributed by atoms with Crippen molar-refractivity contribution in [2.45, 2.75) is 45.5 Å². The Morgan fingerprint density at radius 2 is 1.85 bits per heavy atom. The molecule has 0 spiro atoms. The number of hydrogen-bond acceptors (Lipinski definition) is 5. The first-order valence-corrected chi connectivity index (χ1v) is 10.3. The Hall–Kier alpha value is -3.50. The maximum absolute atomic E-state index is 14.8. The Labute approximate surface area is 188 Å². The lowest BCUT2D eigenvalue weighted by molar-refractivity contribution is -0.137. The lowest BCUT2D eigenvalue weighted by atomic mass is 10.0. The largest absolute Gasteiger partial charge is 0.472 e. The highest BCUT2D eigenvalue weighted by Crippen LogP contribution is 2.29. The van der Waals surface area contributed by atoms with Crippen molar-refractivity contribution in [3.05, 3.63) is 65.9 Å². The second kappa shape index (κ2) is 9.97. The molecule has 7 nitrogen and oxygen atoms in total. The van der Waals surface area contributed by atoms with E-state index >= 15 is 0 Å². The van der Waals surface area contributed by atoms with Crippen LogP contribution < -0.4 is 4.74 Å². The number of pyridine rings is 1. The highest BCUT2D eigenvalue weighted by atomic mass is 19.4. The van der Waals surface area contributed by atoms with E-state index in [0.717, 1.165) is 16.9 Å². The first-order valence-electron chi connectivity index (χ1n) is 10.3. The van der Waals surface area contributed by atoms with Gasteiger partial charge in [0.15, 0.2) is 0 Å². The summed E-state index contributed by atoms with van der Waals surface area (Å²) in [4.78, 5) is 19.8. The van der Waals surface area contributed by atoms with Crippen molar-refractivity contribution in [3.63, 3.8) is 0 Å². The molecule has 2 aromatic heterocycles. The molecule has 0 bridgehead atoms. The average molecular weight is 465 g/mol. The topological polar surface area (TPSA) is 73.1 Å². The Morgan fingerprint density at radius 3 is 2.39 bits per heavy atom. The Kier molecular flexibility index (Phi) is 7.29. The number of hydrogen-bond donors (Lipinski definition) is 0. The third-order valence-electron chi connectivity index (χ3n) is 5.17. The molecule has 0 radical (unpaired) electrons. The van der Waals surface area contributed by atoms with Crippen LogP contribution in [0.4, 0.5) is 17.6 Å². The first-order chi connectivity index (χ1) is 15.7. The third-order valence-corrected chi connectivity index (χ3v) is 5.17. The van der Waals surface area contributed by atoms with Crippen LogP contribution >= 0.6 is 0 Å². The summed E-state index contributed by atoms with van der Waals surface area (Å²) < 4.78 is 58.8. The molecule has 0 fully saturated rings. The minimum absolute atomic E-state index is 0.00947. The van der Waals surface area contributed by atoms with Crippen molar-refractivity contribution in [1.29, 1.82) is 0 Å². The van der Waals surface area contributed by atoms with E-state index in [9.17, 15) is 22.4 Å². The number of amides is 1. The van der Waals surface area contributed by atoms with Gasteiger partial charge in [-0.2, -0.15) is 28.2 Å². The zero-order valence-corrected chi connectivity index (χ0v) is 18.3. The molecule has 0 saturated carbocycles. The summed E-state index contributed by atoms with van der Waals surface area (Å²) in [6.45, 7) is 5.50. The highest BCUT2D eigenvalue weighted by Gasteiger charge is 2.33. The molecule has 1 aromatic carbocycles. The molecule has 2 unspecified atom stereocenters. The van der Waals surface area contributed by atoms with Crippen LogP contribution in [-0.2, 0) is 6.18 Å². The third kappa shape index (κ3) is 5.29. The van der Waals surface area contributed by atoms with Crippen molar-refractivity contribution < 1.29 is 27.1 Å². The minimum atomic E-state index is -4.50. The van der Waals surface area contributed by atoms with E-state index < -0.39 is 35.6 Å². The lowest BCUT2D eigenvalue weighted by Gasteiger charge is -2.34. The van der Waals surface area contributed by atoms with Gasteiger partial charge < -0.3 is 9.64 Å². The van der Waals surface area contributed by atoms with Crippen LogP contribution in [0.3, 0.4) is 0 Å². The van der Waals surface area contributed by atoms with Gasteiger partial charge in [-0.05, 0) is 38.5 Å². The van der Waals surface area contributed by atoms with E-state index in [2.05, 4.69) is 15.2 Å². The summed E-state index contributed by atoms with van der Waals surface area (Å²) in [5, 5.41) is 7.98. The minimum Gasteiger partial charge on any atom is -0.472 e. The monoisotopic (exact) mass is 465 g/mol. The van der Waals surface area contributed by atoms with Gasteiger partial charge in [-0.25, -0.2) is 9.37 Å². The predicted octanol–water partition coefficient (Wildman–Crippen LogP) is 4.53. The SMILES string of the molecule is CCC(C(C)Oc1ccc(C(F)(F)F)cn1)N(CC)C(=O)c1c(F)cccc1-n1nccn1. The molecule has 3 aromatic rings. The fourth-order valence-electron chi connectivity index (χ4n) is 3.60. The van der Waals surface area contributed by atoms with E-state index in [-0.39, 0.29) is 23.7 Å². The molecule has 2 heterocycles. The van der Waals surface area contributed by atoms with Gasteiger partial charge in [0, 0.05) is 18.8 Å². The zero-order valence-electron chi connectivity index (χ0n) is 18.3. The molecule has 1 amide bonds. The summed E-state index contributed by atoms with van der Waals surface area (Å²) >= 11 is 0. The van der Waals surface area contributed by atoms with Crippen molar-refractivity contribution in [1.82, 2.24) is 24.9 Å². The molecule has 0 saturated heterocycles. The van der Waals surface area contributed by atoms with Gasteiger partial charge in [-0.3, -0.25) is 4.79 Å². The number of carbonyl (C=O) groups is 1. The number of nitrogens with zero attached hydrogens (tertiary/aromatic N) is 5. The normalized spacial score (nSPS) is 13.4. The molecular weight excluding hydrogens is 442 g/mol. The summed E-state index contributed by atoms with van der Waals surface area (Å²) in [7, 11) is 0. The molecule has 3 rings (SSSR count). The van der Waals surface area contributed by atoms with Gasteiger partial charge in [0.1, 0.15) is 23.2 Å². The molecule has 0 aliphatic heterocycles. The first kappa shape index (κ1) is 24.1. The van der Waals surface area contributed by atoms with Crippen LogP contribution in [0.25, 0.3) is 5.69 Å². The van der Waals surface area contributed by atoms with Crippen LogP contribution in [-0.4, -0.2) is 49.5 Å². The van der Waals surface area contributed by atoms with E-state index in [1.165, 1.54) is 35.5 Å². The van der Waals surface area contributed by atoms with Crippen molar-refractivity contribution in [3.8, 4) is 11.6 Å². The standard InChI is InChI=1S/C22H23F4N5O2/c1-4-17(14(3)33-19-10-9-15(13-27-19)22(24,25)26)30(5-2)21(32)20-16(23)7-6-8-18(20)31-28-11-12-29-31/h6-14,17H,4-5H2,1-3H3. The van der Waals surface area contributed by atoms with Gasteiger partial charge in [0.2, 0.25) is 5.88 Å². The van der Waals surface area contributed by atoms with Crippen molar-refractivity contribution in [2.75, 3.05) is 6.54 Å². The van der Waals surface area contributed by atoms with Gasteiger partial charge >= 0.3 is 6.18 Å². The van der Waals surface area contributed by atoms with Crippen molar-refractivity contribution >= 4 is 5.91 Å². The fourth-order valence-corrected chi connectivity index (χ4v) is 3.60. The second-order valence-electron chi connectivity index (χ2n) is 7.23. The highest BCUT2D eigenvalue weighted by molar-refractivity contribution is 5.98. The van der Waals surface area contributed by atoms with E-state index in [0.29, 0.717) is 12.6 Å². The molecule has 0 aliphatic carbocycles. The Balaban J connectivity index is 1.86. The molecule has 0 aliphatic rings. The fraction of sp³-hybridized carbons (Fsp3) is 0.364. The molecule has 0 N–H and O–H groups in total. The van der Waals surface area contributed by atoms with Crippen LogP contribution in [0.15, 0.2) is 48.9 Å². The number of aromatic nitrogens is 4. The summed E-state index contributed by atoms with van der Waals surface area (Å²) in [5.74, 6) is -1.31. The van der Waals surface area contributed by atoms with Gasteiger partial charge in [0.05, 0.1) is 24.0 Å². The Bertz CT molecular complexity index is 1070. The summed E-state index contributed by atoms with van der Waals surface area (Å²) in [6, 6.07) is 5.67. The maximum atomic E-state index is 14.8. The summed E-state index contributed by atoms with van der Waals surface area (Å²) in [6.07, 6.45) is -1.17. The molecular formula is C22H23F4N5O2. The van der Waals surface area contributed by atoms with E-state index in [1.54, 1.807) is 13.8 Å². The molecule has 2 atom stereocenters. The maximum Gasteiger partial charge on any atom is 0.417 e. The van der Waals surface area contributed by atoms with Crippen LogP contribution in [0.5, 0.6) is 5.88 Å². The van der Waals surface area contributed by atoms with E-state index in [4.69, 9.17) is 4.74 Å². The number of likely N-dealkylation sites (N-methyl/N-ethyl adjacent to an activating group) is 1. The molecule has 11 heteroatoms. The number of carbonyl (C=O) groups excluding carboxylic acids is 1. The number of alkyl halides is 3. The predicted molar refractivity (Wildman–Crippen MR) is 111 cm³/mol. The molecule has 33 heavy (non-hydrogen) atoms. The second-order valence-corrected chi connectivity index (χ2v) is 7.23. The van der Waals surface area contributed by atoms with Gasteiger partial charge in [0.25, 0.3) is 5.91 Å². The van der Waals surface area contributed by atoms with E-state index in [1.807, 2.05) is 6.92 Å². The van der Waals surface area contributed by atoms with Crippen LogP contribution in [0.2, 0.25) is 0 Å². The number of halogens is 4. The van der Waals surface area contributed by atoms with Crippen LogP contribution in [0, 0.1) is 5.82 Å². The van der Waals surface area contributed by atoms with Crippen LogP contribution in [0.1, 0.15) is 43.1 Å².